The predicted octanol–water partition coefficient (Wildman–Crippen LogP) is 4.74. The van der Waals surface area contributed by atoms with E-state index in [1.807, 2.05) is 48.5 Å². The van der Waals surface area contributed by atoms with E-state index in [0.717, 1.165) is 21.2 Å². The largest absolute Gasteiger partial charge is 0.457 e. The Bertz CT molecular complexity index is 630. The molecule has 102 valence electrons. The number of ether oxygens (including phenoxy) is 1. The number of hydrogen-bond acceptors (Lipinski definition) is 2. The molecule has 0 radical (unpaired) electrons. The lowest BCUT2D eigenvalue weighted by Gasteiger charge is -2.10. The topological polar surface area (TPSA) is 26.3 Å². The van der Waals surface area contributed by atoms with E-state index in [9.17, 15) is 4.79 Å². The summed E-state index contributed by atoms with van der Waals surface area (Å²) in [4.78, 5) is 11.5. The molecule has 0 spiro atoms. The Hall–Kier alpha value is -1.87. The summed E-state index contributed by atoms with van der Waals surface area (Å²) in [5, 5.41) is 0. The molecule has 0 amide bonds. The van der Waals surface area contributed by atoms with E-state index < -0.39 is 0 Å². The average Bonchev–Trinajstić information content (AvgIpc) is 2.46. The van der Waals surface area contributed by atoms with Crippen molar-refractivity contribution in [1.82, 2.24) is 0 Å². The van der Waals surface area contributed by atoms with Crippen molar-refractivity contribution >= 4 is 21.9 Å². The maximum absolute atomic E-state index is 11.5. The molecule has 0 saturated carbocycles. The first-order valence-electron chi connectivity index (χ1n) is 6.24. The zero-order valence-corrected chi connectivity index (χ0v) is 12.8. The van der Waals surface area contributed by atoms with Crippen molar-refractivity contribution in [2.45, 2.75) is 13.5 Å². The summed E-state index contributed by atoms with van der Waals surface area (Å²) in [7, 11) is 0. The molecule has 0 atom stereocenters. The highest BCUT2D eigenvalue weighted by molar-refractivity contribution is 9.10. The van der Waals surface area contributed by atoms with Gasteiger partial charge in [0.2, 0.25) is 0 Å². The molecule has 2 rings (SSSR count). The molecule has 0 aliphatic rings. The Kier molecular flexibility index (Phi) is 4.74. The molecule has 0 aromatic heterocycles. The number of halogens is 1. The minimum Gasteiger partial charge on any atom is -0.457 e. The van der Waals surface area contributed by atoms with E-state index in [2.05, 4.69) is 22.5 Å². The smallest absolute Gasteiger partial charge is 0.333 e. The Morgan fingerprint density at radius 2 is 1.80 bits per heavy atom. The summed E-state index contributed by atoms with van der Waals surface area (Å²) in [5.74, 6) is -0.365. The normalized spacial score (nSPS) is 10.1. The highest BCUT2D eigenvalue weighted by Gasteiger charge is 2.08. The third-order valence-corrected chi connectivity index (χ3v) is 3.41. The first-order chi connectivity index (χ1) is 9.58. The molecule has 0 aliphatic carbocycles. The molecule has 2 aromatic carbocycles. The predicted molar refractivity (Wildman–Crippen MR) is 84.2 cm³/mol. The fourth-order valence-electron chi connectivity index (χ4n) is 1.82. The highest BCUT2D eigenvalue weighted by atomic mass is 79.9. The number of benzene rings is 2. The van der Waals surface area contributed by atoms with Crippen LogP contribution < -0.4 is 0 Å². The number of esters is 1. The van der Waals surface area contributed by atoms with E-state index in [4.69, 9.17) is 4.74 Å². The van der Waals surface area contributed by atoms with Crippen molar-refractivity contribution in [2.24, 2.45) is 0 Å². The Labute approximate surface area is 127 Å². The Balaban J connectivity index is 2.24. The third kappa shape index (κ3) is 3.58. The highest BCUT2D eigenvalue weighted by Crippen LogP contribution is 2.25. The van der Waals surface area contributed by atoms with E-state index in [1.54, 1.807) is 6.92 Å². The first kappa shape index (κ1) is 14.5. The summed E-state index contributed by atoms with van der Waals surface area (Å²) in [6, 6.07) is 15.9. The molecular formula is C17H15BrO2. The second-order valence-corrected chi connectivity index (χ2v) is 5.44. The monoisotopic (exact) mass is 330 g/mol. The molecule has 0 fully saturated rings. The second-order valence-electron chi connectivity index (χ2n) is 4.52. The number of carbonyl (C=O) groups is 1. The van der Waals surface area contributed by atoms with Crippen LogP contribution in [-0.4, -0.2) is 5.97 Å². The van der Waals surface area contributed by atoms with Crippen molar-refractivity contribution in [2.75, 3.05) is 0 Å². The van der Waals surface area contributed by atoms with Crippen molar-refractivity contribution in [3.05, 3.63) is 70.7 Å². The Morgan fingerprint density at radius 3 is 2.45 bits per heavy atom. The van der Waals surface area contributed by atoms with E-state index in [-0.39, 0.29) is 12.6 Å². The minimum absolute atomic E-state index is 0.248. The van der Waals surface area contributed by atoms with Crippen LogP contribution in [0.1, 0.15) is 12.5 Å². The van der Waals surface area contributed by atoms with Crippen LogP contribution in [0.15, 0.2) is 65.2 Å². The van der Waals surface area contributed by atoms with Crippen LogP contribution in [0, 0.1) is 0 Å². The van der Waals surface area contributed by atoms with Gasteiger partial charge < -0.3 is 4.74 Å². The van der Waals surface area contributed by atoms with Crippen molar-refractivity contribution in [3.8, 4) is 11.1 Å². The lowest BCUT2D eigenvalue weighted by atomic mass is 10.0. The minimum atomic E-state index is -0.365. The van der Waals surface area contributed by atoms with Gasteiger partial charge in [0, 0.05) is 10.0 Å². The maximum Gasteiger partial charge on any atom is 0.333 e. The van der Waals surface area contributed by atoms with Gasteiger partial charge in [0.05, 0.1) is 0 Å². The van der Waals surface area contributed by atoms with Gasteiger partial charge in [-0.15, -0.1) is 0 Å². The van der Waals surface area contributed by atoms with Crippen molar-refractivity contribution < 1.29 is 9.53 Å². The van der Waals surface area contributed by atoms with Crippen LogP contribution >= 0.6 is 15.9 Å². The van der Waals surface area contributed by atoms with Gasteiger partial charge in [0.25, 0.3) is 0 Å². The fourth-order valence-corrected chi connectivity index (χ4v) is 2.09. The average molecular weight is 331 g/mol. The van der Waals surface area contributed by atoms with E-state index in [0.29, 0.717) is 5.57 Å². The maximum atomic E-state index is 11.5. The van der Waals surface area contributed by atoms with Crippen LogP contribution in [0.2, 0.25) is 0 Å². The number of carbonyl (C=O) groups excluding carboxylic acids is 1. The molecule has 0 saturated heterocycles. The van der Waals surface area contributed by atoms with Crippen molar-refractivity contribution in [3.63, 3.8) is 0 Å². The molecule has 3 heteroatoms. The standard InChI is InChI=1S/C17H15BrO2/c1-12(2)17(19)20-11-14-5-3-4-6-16(14)13-7-9-15(18)10-8-13/h3-10H,1,11H2,2H3. The molecule has 0 N–H and O–H groups in total. The third-order valence-electron chi connectivity index (χ3n) is 2.88. The van der Waals surface area contributed by atoms with Crippen LogP contribution in [0.25, 0.3) is 11.1 Å². The summed E-state index contributed by atoms with van der Waals surface area (Å²) in [6.45, 7) is 5.47. The second kappa shape index (κ2) is 6.53. The lowest BCUT2D eigenvalue weighted by Crippen LogP contribution is -2.05. The van der Waals surface area contributed by atoms with Crippen molar-refractivity contribution in [1.29, 1.82) is 0 Å². The van der Waals surface area contributed by atoms with E-state index >= 15 is 0 Å². The van der Waals surface area contributed by atoms with Gasteiger partial charge in [-0.1, -0.05) is 58.9 Å². The van der Waals surface area contributed by atoms with Gasteiger partial charge >= 0.3 is 5.97 Å². The molecule has 2 aromatic rings. The zero-order chi connectivity index (χ0) is 14.5. The summed E-state index contributed by atoms with van der Waals surface area (Å²) in [6.07, 6.45) is 0. The van der Waals surface area contributed by atoms with Crippen LogP contribution in [-0.2, 0) is 16.1 Å². The quantitative estimate of drug-likeness (QED) is 0.598. The SMILES string of the molecule is C=C(C)C(=O)OCc1ccccc1-c1ccc(Br)cc1. The number of rotatable bonds is 4. The lowest BCUT2D eigenvalue weighted by molar-refractivity contribution is -0.140. The zero-order valence-electron chi connectivity index (χ0n) is 11.2. The van der Waals surface area contributed by atoms with Gasteiger partial charge in [-0.25, -0.2) is 4.79 Å². The molecular weight excluding hydrogens is 316 g/mol. The fraction of sp³-hybridized carbons (Fsp3) is 0.118. The molecule has 0 aliphatic heterocycles. The number of hydrogen-bond donors (Lipinski definition) is 0. The molecule has 0 bridgehead atoms. The van der Waals surface area contributed by atoms with Gasteiger partial charge in [-0.3, -0.25) is 0 Å². The van der Waals surface area contributed by atoms with Gasteiger partial charge in [-0.2, -0.15) is 0 Å². The van der Waals surface area contributed by atoms with Crippen LogP contribution in [0.4, 0.5) is 0 Å². The summed E-state index contributed by atoms with van der Waals surface area (Å²) < 4.78 is 6.26. The van der Waals surface area contributed by atoms with Crippen LogP contribution in [0.5, 0.6) is 0 Å². The first-order valence-corrected chi connectivity index (χ1v) is 7.03. The Morgan fingerprint density at radius 1 is 1.15 bits per heavy atom. The van der Waals surface area contributed by atoms with Gasteiger partial charge in [-0.05, 0) is 35.7 Å². The van der Waals surface area contributed by atoms with E-state index in [1.165, 1.54) is 0 Å². The molecule has 0 heterocycles. The summed E-state index contributed by atoms with van der Waals surface area (Å²) in [5.41, 5.74) is 3.54. The van der Waals surface area contributed by atoms with Crippen LogP contribution in [0.3, 0.4) is 0 Å². The molecule has 2 nitrogen and oxygen atoms in total. The summed E-state index contributed by atoms with van der Waals surface area (Å²) >= 11 is 3.42. The van der Waals surface area contributed by atoms with Gasteiger partial charge in [0.15, 0.2) is 0 Å². The molecule has 20 heavy (non-hydrogen) atoms. The van der Waals surface area contributed by atoms with Gasteiger partial charge in [0.1, 0.15) is 6.61 Å². The molecule has 0 unspecified atom stereocenters.